The highest BCUT2D eigenvalue weighted by Crippen LogP contribution is 2.31. The van der Waals surface area contributed by atoms with Crippen molar-refractivity contribution in [2.45, 2.75) is 25.3 Å². The molecule has 3 heteroatoms. The van der Waals surface area contributed by atoms with Crippen molar-refractivity contribution in [3.05, 3.63) is 47.8 Å². The van der Waals surface area contributed by atoms with E-state index in [2.05, 4.69) is 39.6 Å². The molecule has 0 amide bonds. The van der Waals surface area contributed by atoms with Crippen molar-refractivity contribution in [1.29, 1.82) is 0 Å². The number of aromatic amines is 1. The number of H-pyrrole nitrogens is 1. The van der Waals surface area contributed by atoms with Crippen LogP contribution in [0.2, 0.25) is 0 Å². The maximum absolute atomic E-state index is 4.22. The third-order valence-electron chi connectivity index (χ3n) is 3.18. The van der Waals surface area contributed by atoms with Crippen LogP contribution in [-0.2, 0) is 6.42 Å². The minimum absolute atomic E-state index is 0.399. The van der Waals surface area contributed by atoms with Crippen molar-refractivity contribution in [3.8, 4) is 0 Å². The molecule has 1 heterocycles. The van der Waals surface area contributed by atoms with Crippen molar-refractivity contribution in [3.63, 3.8) is 0 Å². The van der Waals surface area contributed by atoms with Gasteiger partial charge in [-0.2, -0.15) is 0 Å². The molecule has 0 fully saturated rings. The molecule has 2 N–H and O–H groups in total. The molecule has 1 aromatic carbocycles. The molecular formula is C13H15N3. The Bertz CT molecular complexity index is 462. The Balaban J connectivity index is 1.87. The monoisotopic (exact) mass is 213 g/mol. The molecule has 0 spiro atoms. The lowest BCUT2D eigenvalue weighted by molar-refractivity contribution is 0.597. The minimum atomic E-state index is 0.399. The van der Waals surface area contributed by atoms with Crippen LogP contribution in [0.5, 0.6) is 0 Å². The number of benzene rings is 1. The standard InChI is InChI=1S/C13H15N3/c1-2-6-11-10(4-1)5-3-7-12(11)16-13-14-8-9-15-13/h1-2,4,6,8-9,12H,3,5,7H2,(H2,14,15,16). The average molecular weight is 213 g/mol. The molecule has 0 aliphatic heterocycles. The predicted molar refractivity (Wildman–Crippen MR) is 64.3 cm³/mol. The lowest BCUT2D eigenvalue weighted by Crippen LogP contribution is -2.17. The van der Waals surface area contributed by atoms with Gasteiger partial charge in [-0.25, -0.2) is 4.98 Å². The summed E-state index contributed by atoms with van der Waals surface area (Å²) in [5.41, 5.74) is 2.89. The SMILES string of the molecule is c1ccc2c(c1)CCCC2Nc1ncc[nH]1. The first-order valence-corrected chi connectivity index (χ1v) is 5.77. The maximum atomic E-state index is 4.22. The molecule has 0 saturated carbocycles. The van der Waals surface area contributed by atoms with Crippen LogP contribution >= 0.6 is 0 Å². The second-order valence-corrected chi connectivity index (χ2v) is 4.23. The van der Waals surface area contributed by atoms with E-state index in [-0.39, 0.29) is 0 Å². The van der Waals surface area contributed by atoms with Gasteiger partial charge in [0.25, 0.3) is 0 Å². The first-order chi connectivity index (χ1) is 7.93. The van der Waals surface area contributed by atoms with Crippen molar-refractivity contribution >= 4 is 5.95 Å². The summed E-state index contributed by atoms with van der Waals surface area (Å²) in [5, 5.41) is 3.45. The summed E-state index contributed by atoms with van der Waals surface area (Å²) in [6.45, 7) is 0. The van der Waals surface area contributed by atoms with Gasteiger partial charge in [-0.3, -0.25) is 0 Å². The molecule has 1 aliphatic carbocycles. The van der Waals surface area contributed by atoms with Gasteiger partial charge in [0.05, 0.1) is 6.04 Å². The van der Waals surface area contributed by atoms with Gasteiger partial charge in [0.1, 0.15) is 0 Å². The Morgan fingerprint density at radius 3 is 3.12 bits per heavy atom. The first kappa shape index (κ1) is 9.46. The highest BCUT2D eigenvalue weighted by Gasteiger charge is 2.19. The summed E-state index contributed by atoms with van der Waals surface area (Å²) >= 11 is 0. The summed E-state index contributed by atoms with van der Waals surface area (Å²) in [6, 6.07) is 9.08. The molecule has 82 valence electrons. The van der Waals surface area contributed by atoms with Gasteiger partial charge < -0.3 is 10.3 Å². The van der Waals surface area contributed by atoms with Crippen LogP contribution in [0.15, 0.2) is 36.7 Å². The second kappa shape index (κ2) is 4.00. The highest BCUT2D eigenvalue weighted by molar-refractivity contribution is 5.38. The zero-order chi connectivity index (χ0) is 10.8. The number of aryl methyl sites for hydroxylation is 1. The van der Waals surface area contributed by atoms with Gasteiger partial charge in [0.2, 0.25) is 5.95 Å². The number of nitrogens with zero attached hydrogens (tertiary/aromatic N) is 1. The smallest absolute Gasteiger partial charge is 0.200 e. The normalized spacial score (nSPS) is 19.1. The Hall–Kier alpha value is -1.77. The van der Waals surface area contributed by atoms with E-state index in [9.17, 15) is 0 Å². The van der Waals surface area contributed by atoms with E-state index >= 15 is 0 Å². The molecule has 0 bridgehead atoms. The highest BCUT2D eigenvalue weighted by atomic mass is 15.1. The quantitative estimate of drug-likeness (QED) is 0.805. The summed E-state index contributed by atoms with van der Waals surface area (Å²) in [6.07, 6.45) is 7.24. The van der Waals surface area contributed by atoms with Gasteiger partial charge in [-0.1, -0.05) is 24.3 Å². The number of imidazole rings is 1. The van der Waals surface area contributed by atoms with Crippen LogP contribution in [0, 0.1) is 0 Å². The van der Waals surface area contributed by atoms with E-state index in [1.807, 2.05) is 6.20 Å². The Morgan fingerprint density at radius 1 is 1.31 bits per heavy atom. The van der Waals surface area contributed by atoms with E-state index in [1.54, 1.807) is 6.20 Å². The number of hydrogen-bond acceptors (Lipinski definition) is 2. The summed E-state index contributed by atoms with van der Waals surface area (Å²) in [4.78, 5) is 7.31. The summed E-state index contributed by atoms with van der Waals surface area (Å²) in [7, 11) is 0. The topological polar surface area (TPSA) is 40.7 Å². The third-order valence-corrected chi connectivity index (χ3v) is 3.18. The largest absolute Gasteiger partial charge is 0.349 e. The van der Waals surface area contributed by atoms with Gasteiger partial charge >= 0.3 is 0 Å². The Morgan fingerprint density at radius 2 is 2.25 bits per heavy atom. The number of rotatable bonds is 2. The first-order valence-electron chi connectivity index (χ1n) is 5.77. The van der Waals surface area contributed by atoms with Gasteiger partial charge in [-0.05, 0) is 30.4 Å². The number of fused-ring (bicyclic) bond motifs is 1. The molecular weight excluding hydrogens is 198 g/mol. The molecule has 3 rings (SSSR count). The van der Waals surface area contributed by atoms with Crippen LogP contribution in [-0.4, -0.2) is 9.97 Å². The van der Waals surface area contributed by atoms with Crippen LogP contribution in [0.3, 0.4) is 0 Å². The maximum Gasteiger partial charge on any atom is 0.200 e. The molecule has 2 aromatic rings. The van der Waals surface area contributed by atoms with Crippen LogP contribution in [0.4, 0.5) is 5.95 Å². The van der Waals surface area contributed by atoms with Crippen LogP contribution in [0.25, 0.3) is 0 Å². The number of hydrogen-bond donors (Lipinski definition) is 2. The van der Waals surface area contributed by atoms with E-state index in [0.29, 0.717) is 6.04 Å². The predicted octanol–water partition coefficient (Wildman–Crippen LogP) is 2.90. The van der Waals surface area contributed by atoms with Crippen molar-refractivity contribution in [2.24, 2.45) is 0 Å². The summed E-state index contributed by atoms with van der Waals surface area (Å²) < 4.78 is 0. The summed E-state index contributed by atoms with van der Waals surface area (Å²) in [5.74, 6) is 0.863. The third kappa shape index (κ3) is 1.69. The average Bonchev–Trinajstić information content (AvgIpc) is 2.82. The fourth-order valence-corrected chi connectivity index (χ4v) is 2.41. The molecule has 0 saturated heterocycles. The van der Waals surface area contributed by atoms with E-state index in [4.69, 9.17) is 0 Å². The molecule has 1 atom stereocenters. The van der Waals surface area contributed by atoms with E-state index in [0.717, 1.165) is 5.95 Å². The molecule has 0 radical (unpaired) electrons. The lowest BCUT2D eigenvalue weighted by atomic mass is 9.88. The van der Waals surface area contributed by atoms with E-state index in [1.165, 1.54) is 30.4 Å². The van der Waals surface area contributed by atoms with Crippen molar-refractivity contribution in [2.75, 3.05) is 5.32 Å². The van der Waals surface area contributed by atoms with Crippen LogP contribution < -0.4 is 5.32 Å². The van der Waals surface area contributed by atoms with Gasteiger partial charge in [0, 0.05) is 12.4 Å². The number of aromatic nitrogens is 2. The van der Waals surface area contributed by atoms with Gasteiger partial charge in [-0.15, -0.1) is 0 Å². The number of anilines is 1. The van der Waals surface area contributed by atoms with Crippen LogP contribution in [0.1, 0.15) is 30.0 Å². The molecule has 1 aromatic heterocycles. The van der Waals surface area contributed by atoms with Gasteiger partial charge in [0.15, 0.2) is 0 Å². The lowest BCUT2D eigenvalue weighted by Gasteiger charge is -2.26. The van der Waals surface area contributed by atoms with Crippen molar-refractivity contribution in [1.82, 2.24) is 9.97 Å². The Labute approximate surface area is 94.9 Å². The fourth-order valence-electron chi connectivity index (χ4n) is 2.41. The zero-order valence-corrected chi connectivity index (χ0v) is 9.11. The fraction of sp³-hybridized carbons (Fsp3) is 0.308. The molecule has 1 aliphatic rings. The minimum Gasteiger partial charge on any atom is -0.349 e. The zero-order valence-electron chi connectivity index (χ0n) is 9.11. The Kier molecular flexibility index (Phi) is 2.37. The molecule has 3 nitrogen and oxygen atoms in total. The van der Waals surface area contributed by atoms with Crippen molar-refractivity contribution < 1.29 is 0 Å². The van der Waals surface area contributed by atoms with E-state index < -0.39 is 0 Å². The molecule has 1 unspecified atom stereocenters. The second-order valence-electron chi connectivity index (χ2n) is 4.23. The molecule has 16 heavy (non-hydrogen) atoms. The number of nitrogens with one attached hydrogen (secondary N) is 2.